The largest absolute Gasteiger partial charge is 0.381 e. The van der Waals surface area contributed by atoms with E-state index in [2.05, 4.69) is 64.6 Å². The van der Waals surface area contributed by atoms with E-state index in [1.165, 1.54) is 19.8 Å². The third kappa shape index (κ3) is 29.4. The molecule has 1 saturated carbocycles. The van der Waals surface area contributed by atoms with Gasteiger partial charge < -0.3 is 14.2 Å². The molecule has 0 amide bonds. The van der Waals surface area contributed by atoms with Crippen LogP contribution in [0.15, 0.2) is 0 Å². The van der Waals surface area contributed by atoms with Gasteiger partial charge in [-0.25, -0.2) is 10.9 Å². The predicted octanol–water partition coefficient (Wildman–Crippen LogP) is 4.62. The monoisotopic (exact) mass is 463 g/mol. The number of rotatable bonds is 11. The summed E-state index contributed by atoms with van der Waals surface area (Å²) >= 11 is 0. The summed E-state index contributed by atoms with van der Waals surface area (Å²) in [6.45, 7) is 21.6. The maximum atomic E-state index is 10.4. The normalized spacial score (nSPS) is 17.5. The molecule has 196 valence electrons. The zero-order valence-electron chi connectivity index (χ0n) is 20.8. The summed E-state index contributed by atoms with van der Waals surface area (Å²) in [6.07, 6.45) is 3.07. The van der Waals surface area contributed by atoms with E-state index in [-0.39, 0.29) is 38.8 Å². The molecule has 2 aliphatic rings. The quantitative estimate of drug-likeness (QED) is 0.412. The fraction of sp³-hybridized carbons (Fsp3) is 0.960. The van der Waals surface area contributed by atoms with Gasteiger partial charge in [-0.2, -0.15) is 0 Å². The van der Waals surface area contributed by atoms with Crippen molar-refractivity contribution < 1.29 is 19.0 Å². The van der Waals surface area contributed by atoms with Crippen molar-refractivity contribution in [2.24, 2.45) is 23.2 Å². The average molecular weight is 464 g/mol. The van der Waals surface area contributed by atoms with Crippen LogP contribution in [0.25, 0.3) is 0 Å². The van der Waals surface area contributed by atoms with E-state index in [1.54, 1.807) is 0 Å². The number of hydrogen-bond acceptors (Lipinski definition) is 7. The fourth-order valence-electron chi connectivity index (χ4n) is 2.18. The molecule has 1 saturated heterocycles. The van der Waals surface area contributed by atoms with Crippen molar-refractivity contribution >= 4 is 5.78 Å². The highest BCUT2D eigenvalue weighted by Gasteiger charge is 2.21. The Balaban J connectivity index is -0.000000384. The first-order valence-corrected chi connectivity index (χ1v) is 11.4. The second-order valence-corrected chi connectivity index (χ2v) is 10.3. The van der Waals surface area contributed by atoms with Crippen LogP contribution < -0.4 is 16.2 Å². The Morgan fingerprint density at radius 2 is 1.47 bits per heavy atom. The van der Waals surface area contributed by atoms with E-state index in [4.69, 9.17) is 14.2 Å². The molecule has 7 heteroatoms. The van der Waals surface area contributed by atoms with E-state index in [9.17, 15) is 4.79 Å². The third-order valence-electron chi connectivity index (χ3n) is 3.79. The molecule has 32 heavy (non-hydrogen) atoms. The van der Waals surface area contributed by atoms with E-state index < -0.39 is 0 Å². The number of ether oxygens (including phenoxy) is 3. The van der Waals surface area contributed by atoms with Crippen molar-refractivity contribution in [3.8, 4) is 0 Å². The molecule has 1 aliphatic carbocycles. The van der Waals surface area contributed by atoms with Crippen LogP contribution in [0.3, 0.4) is 0 Å². The first kappa shape index (κ1) is 36.0. The minimum absolute atomic E-state index is 0. The molecule has 0 aromatic carbocycles. The molecule has 0 bridgehead atoms. The summed E-state index contributed by atoms with van der Waals surface area (Å²) in [4.78, 5) is 10.4. The zero-order chi connectivity index (χ0) is 23.0. The van der Waals surface area contributed by atoms with Crippen LogP contribution in [0.1, 0.15) is 83.1 Å². The molecular weight excluding hydrogens is 406 g/mol. The number of hydrazine groups is 1. The Morgan fingerprint density at radius 3 is 1.84 bits per heavy atom. The Bertz CT molecular complexity index is 414. The van der Waals surface area contributed by atoms with Crippen LogP contribution in [-0.2, 0) is 19.0 Å². The second kappa shape index (κ2) is 21.0. The van der Waals surface area contributed by atoms with Crippen LogP contribution in [0.2, 0.25) is 0 Å². The van der Waals surface area contributed by atoms with Crippen LogP contribution in [0.4, 0.5) is 0 Å². The molecule has 3 N–H and O–H groups in total. The van der Waals surface area contributed by atoms with Crippen molar-refractivity contribution in [1.29, 1.82) is 0 Å². The number of carbonyl (C=O) groups is 1. The van der Waals surface area contributed by atoms with Crippen LogP contribution >= 0.6 is 0 Å². The number of hydrogen-bond donors (Lipinski definition) is 3. The predicted molar refractivity (Wildman–Crippen MR) is 137 cm³/mol. The maximum Gasteiger partial charge on any atom is 0.155 e. The lowest BCUT2D eigenvalue weighted by atomic mass is 9.99. The van der Waals surface area contributed by atoms with Crippen molar-refractivity contribution in [2.75, 3.05) is 46.3 Å². The summed E-state index contributed by atoms with van der Waals surface area (Å²) in [5.74, 6) is 2.32. The zero-order valence-corrected chi connectivity index (χ0v) is 20.8. The van der Waals surface area contributed by atoms with Gasteiger partial charge in [-0.1, -0.05) is 63.3 Å². The molecule has 0 aromatic rings. The number of nitrogens with one attached hydrogen (secondary N) is 3. The fourth-order valence-corrected chi connectivity index (χ4v) is 2.18. The molecule has 2 rings (SSSR count). The summed E-state index contributed by atoms with van der Waals surface area (Å²) in [5, 5.41) is 3.18. The lowest BCUT2D eigenvalue weighted by Gasteiger charge is -2.16. The topological polar surface area (TPSA) is 80.9 Å². The average Bonchev–Trinajstić information content (AvgIpc) is 3.27. The van der Waals surface area contributed by atoms with E-state index in [1.807, 2.05) is 0 Å². The molecule has 0 aromatic heterocycles. The molecule has 1 heterocycles. The molecule has 0 radical (unpaired) electrons. The maximum absolute atomic E-state index is 10.4. The summed E-state index contributed by atoms with van der Waals surface area (Å²) in [7, 11) is 0. The SMILES string of the molecule is C.C.CC(=O)COCC(C)(C)C.CC(C)COCC1CC1.CC(C)COCC1NCNN1. The highest BCUT2D eigenvalue weighted by molar-refractivity contribution is 5.76. The van der Waals surface area contributed by atoms with Crippen molar-refractivity contribution in [3.05, 3.63) is 0 Å². The van der Waals surface area contributed by atoms with Gasteiger partial charge in [0.05, 0.1) is 26.0 Å². The Hall–Kier alpha value is -0.570. The van der Waals surface area contributed by atoms with Gasteiger partial charge in [0, 0.05) is 19.8 Å². The molecule has 0 spiro atoms. The van der Waals surface area contributed by atoms with Gasteiger partial charge in [-0.3, -0.25) is 10.1 Å². The first-order valence-electron chi connectivity index (χ1n) is 11.4. The van der Waals surface area contributed by atoms with Crippen molar-refractivity contribution in [1.82, 2.24) is 16.2 Å². The van der Waals surface area contributed by atoms with Crippen LogP contribution in [0, 0.1) is 23.2 Å². The van der Waals surface area contributed by atoms with E-state index >= 15 is 0 Å². The second-order valence-electron chi connectivity index (χ2n) is 10.3. The Kier molecular flexibility index (Phi) is 23.6. The van der Waals surface area contributed by atoms with Gasteiger partial charge in [0.1, 0.15) is 6.61 Å². The number of ketones is 1. The lowest BCUT2D eigenvalue weighted by Crippen LogP contribution is -2.38. The standard InChI is InChI=1S/C8H16O2.C8H16O.C7H17N3O.2CH4/c1-7(9)5-10-6-8(2,3)4;1-7(2)5-9-6-8-3-4-8;1-6(2)3-11-4-7-8-5-9-10-7;;/h5-6H2,1-4H3;7-8H,3-6H2,1-2H3;6-10H,3-5H2,1-2H3;2*1H4. The third-order valence-corrected chi connectivity index (χ3v) is 3.79. The van der Waals surface area contributed by atoms with Gasteiger partial charge in [0.2, 0.25) is 0 Å². The lowest BCUT2D eigenvalue weighted by molar-refractivity contribution is -0.122. The van der Waals surface area contributed by atoms with Crippen LogP contribution in [-0.4, -0.2) is 58.3 Å². The number of carbonyl (C=O) groups excluding carboxylic acids is 1. The Labute approximate surface area is 200 Å². The summed E-state index contributed by atoms with van der Waals surface area (Å²) < 4.78 is 15.9. The Morgan fingerprint density at radius 1 is 0.938 bits per heavy atom. The molecule has 7 nitrogen and oxygen atoms in total. The minimum Gasteiger partial charge on any atom is -0.381 e. The smallest absolute Gasteiger partial charge is 0.155 e. The van der Waals surface area contributed by atoms with E-state index in [0.717, 1.165) is 39.0 Å². The molecular formula is C25H57N3O4. The first-order chi connectivity index (χ1) is 14.0. The van der Waals surface area contributed by atoms with Crippen molar-refractivity contribution in [2.45, 2.75) is 89.3 Å². The summed E-state index contributed by atoms with van der Waals surface area (Å²) in [5.41, 5.74) is 6.18. The highest BCUT2D eigenvalue weighted by atomic mass is 16.5. The number of Topliss-reactive ketones (excluding diaryl/α,β-unsaturated/α-hetero) is 1. The minimum atomic E-state index is 0. The molecule has 1 aliphatic heterocycles. The van der Waals surface area contributed by atoms with Gasteiger partial charge in [0.25, 0.3) is 0 Å². The molecule has 2 fully saturated rings. The van der Waals surface area contributed by atoms with Crippen LogP contribution in [0.5, 0.6) is 0 Å². The molecule has 1 unspecified atom stereocenters. The van der Waals surface area contributed by atoms with Gasteiger partial charge in [0.15, 0.2) is 5.78 Å². The van der Waals surface area contributed by atoms with Gasteiger partial charge >= 0.3 is 0 Å². The summed E-state index contributed by atoms with van der Waals surface area (Å²) in [6, 6.07) is 0. The van der Waals surface area contributed by atoms with E-state index in [0.29, 0.717) is 18.4 Å². The molecule has 1 atom stereocenters. The van der Waals surface area contributed by atoms with Crippen molar-refractivity contribution in [3.63, 3.8) is 0 Å². The van der Waals surface area contributed by atoms with Gasteiger partial charge in [-0.05, 0) is 42.9 Å². The highest BCUT2D eigenvalue weighted by Crippen LogP contribution is 2.28. The van der Waals surface area contributed by atoms with Gasteiger partial charge in [-0.15, -0.1) is 0 Å².